The third-order valence-corrected chi connectivity index (χ3v) is 3.52. The number of nitrogens with one attached hydrogen (secondary N) is 2. The van der Waals surface area contributed by atoms with Crippen LogP contribution >= 0.6 is 0 Å². The van der Waals surface area contributed by atoms with E-state index in [4.69, 9.17) is 4.74 Å². The van der Waals surface area contributed by atoms with Crippen molar-refractivity contribution in [3.8, 4) is 0 Å². The molecule has 3 heteroatoms. The van der Waals surface area contributed by atoms with Gasteiger partial charge in [-0.05, 0) is 58.5 Å². The molecular formula is C14H30N2O. The highest BCUT2D eigenvalue weighted by molar-refractivity contribution is 4.81. The first-order valence-corrected chi connectivity index (χ1v) is 7.31. The van der Waals surface area contributed by atoms with Crippen molar-refractivity contribution < 1.29 is 4.74 Å². The van der Waals surface area contributed by atoms with E-state index in [0.717, 1.165) is 32.2 Å². The second-order valence-electron chi connectivity index (χ2n) is 5.26. The van der Waals surface area contributed by atoms with E-state index in [0.29, 0.717) is 12.1 Å². The second kappa shape index (κ2) is 8.90. The average molecular weight is 242 g/mol. The van der Waals surface area contributed by atoms with Crippen LogP contribution in [0.5, 0.6) is 0 Å². The van der Waals surface area contributed by atoms with Crippen LogP contribution in [-0.4, -0.2) is 38.4 Å². The first kappa shape index (κ1) is 14.9. The molecule has 1 unspecified atom stereocenters. The Hall–Kier alpha value is -0.120. The fourth-order valence-corrected chi connectivity index (χ4v) is 2.38. The Balaban J connectivity index is 1.87. The lowest BCUT2D eigenvalue weighted by molar-refractivity contribution is -0.0264. The molecule has 102 valence electrons. The fraction of sp³-hybridized carbons (Fsp3) is 1.00. The Kier molecular flexibility index (Phi) is 7.82. The molecule has 2 N–H and O–H groups in total. The van der Waals surface area contributed by atoms with Gasteiger partial charge in [0.25, 0.3) is 0 Å². The van der Waals surface area contributed by atoms with E-state index in [1.54, 1.807) is 0 Å². The molecule has 1 rings (SSSR count). The van der Waals surface area contributed by atoms with E-state index in [1.807, 2.05) is 0 Å². The lowest BCUT2D eigenvalue weighted by Crippen LogP contribution is -2.39. The molecule has 0 aromatic heterocycles. The van der Waals surface area contributed by atoms with Crippen molar-refractivity contribution in [2.45, 2.75) is 58.6 Å². The van der Waals surface area contributed by atoms with E-state index < -0.39 is 0 Å². The summed E-state index contributed by atoms with van der Waals surface area (Å²) in [5.74, 6) is 0.898. The smallest absolute Gasteiger partial charge is 0.0580 e. The summed E-state index contributed by atoms with van der Waals surface area (Å²) in [6.07, 6.45) is 5.64. The molecule has 1 aliphatic carbocycles. The maximum atomic E-state index is 5.57. The van der Waals surface area contributed by atoms with E-state index in [1.165, 1.54) is 25.7 Å². The molecule has 17 heavy (non-hydrogen) atoms. The quantitative estimate of drug-likeness (QED) is 0.576. The van der Waals surface area contributed by atoms with Crippen LogP contribution in [0.3, 0.4) is 0 Å². The topological polar surface area (TPSA) is 33.3 Å². The van der Waals surface area contributed by atoms with E-state index in [-0.39, 0.29) is 0 Å². The maximum Gasteiger partial charge on any atom is 0.0580 e. The molecule has 0 radical (unpaired) electrons. The van der Waals surface area contributed by atoms with Crippen molar-refractivity contribution in [1.82, 2.24) is 10.6 Å². The van der Waals surface area contributed by atoms with Crippen LogP contribution in [0.25, 0.3) is 0 Å². The highest BCUT2D eigenvalue weighted by Crippen LogP contribution is 2.32. The van der Waals surface area contributed by atoms with Gasteiger partial charge in [-0.15, -0.1) is 0 Å². The number of hydrogen-bond donors (Lipinski definition) is 2. The summed E-state index contributed by atoms with van der Waals surface area (Å²) in [5, 5.41) is 7.03. The van der Waals surface area contributed by atoms with Gasteiger partial charge in [-0.25, -0.2) is 0 Å². The molecular weight excluding hydrogens is 212 g/mol. The molecule has 0 heterocycles. The summed E-state index contributed by atoms with van der Waals surface area (Å²) in [7, 11) is 0. The summed E-state index contributed by atoms with van der Waals surface area (Å²) in [5.41, 5.74) is 0. The first-order valence-electron chi connectivity index (χ1n) is 7.31. The molecule has 0 bridgehead atoms. The molecule has 0 aromatic rings. The standard InChI is InChI=1S/C14H30N2O/c1-4-7-15-11-12(3)16-8-6-13-9-14(10-13)17-5-2/h12-16H,4-11H2,1-3H3. The van der Waals surface area contributed by atoms with E-state index in [2.05, 4.69) is 31.4 Å². The van der Waals surface area contributed by atoms with Crippen LogP contribution in [0.2, 0.25) is 0 Å². The number of hydrogen-bond acceptors (Lipinski definition) is 3. The summed E-state index contributed by atoms with van der Waals surface area (Å²) in [6.45, 7) is 10.8. The number of ether oxygens (including phenoxy) is 1. The third-order valence-electron chi connectivity index (χ3n) is 3.52. The summed E-state index contributed by atoms with van der Waals surface area (Å²) in [4.78, 5) is 0. The number of rotatable bonds is 10. The van der Waals surface area contributed by atoms with Crippen LogP contribution in [-0.2, 0) is 4.74 Å². The van der Waals surface area contributed by atoms with Crippen LogP contribution < -0.4 is 10.6 Å². The normalized spacial score (nSPS) is 25.6. The van der Waals surface area contributed by atoms with Crippen LogP contribution in [0, 0.1) is 5.92 Å². The van der Waals surface area contributed by atoms with Gasteiger partial charge in [0.05, 0.1) is 6.10 Å². The summed E-state index contributed by atoms with van der Waals surface area (Å²) in [6, 6.07) is 0.587. The van der Waals surface area contributed by atoms with Gasteiger partial charge in [-0.1, -0.05) is 6.92 Å². The van der Waals surface area contributed by atoms with Gasteiger partial charge in [0.15, 0.2) is 0 Å². The second-order valence-corrected chi connectivity index (χ2v) is 5.26. The van der Waals surface area contributed by atoms with Crippen molar-refractivity contribution in [3.63, 3.8) is 0 Å². The molecule has 1 saturated carbocycles. The molecule has 1 aliphatic rings. The first-order chi connectivity index (χ1) is 8.26. The summed E-state index contributed by atoms with van der Waals surface area (Å²) < 4.78 is 5.57. The zero-order chi connectivity index (χ0) is 12.5. The Morgan fingerprint density at radius 1 is 1.24 bits per heavy atom. The minimum atomic E-state index is 0.564. The molecule has 0 spiro atoms. The van der Waals surface area contributed by atoms with Crippen LogP contribution in [0.1, 0.15) is 46.5 Å². The lowest BCUT2D eigenvalue weighted by Gasteiger charge is -2.35. The van der Waals surface area contributed by atoms with Gasteiger partial charge in [-0.2, -0.15) is 0 Å². The van der Waals surface area contributed by atoms with Gasteiger partial charge in [0.2, 0.25) is 0 Å². The molecule has 0 amide bonds. The summed E-state index contributed by atoms with van der Waals surface area (Å²) >= 11 is 0. The van der Waals surface area contributed by atoms with Gasteiger partial charge < -0.3 is 15.4 Å². The van der Waals surface area contributed by atoms with E-state index >= 15 is 0 Å². The predicted molar refractivity (Wildman–Crippen MR) is 73.4 cm³/mol. The van der Waals surface area contributed by atoms with Gasteiger partial charge in [-0.3, -0.25) is 0 Å². The Morgan fingerprint density at radius 3 is 2.65 bits per heavy atom. The molecule has 0 saturated heterocycles. The van der Waals surface area contributed by atoms with Crippen molar-refractivity contribution in [2.24, 2.45) is 5.92 Å². The Morgan fingerprint density at radius 2 is 2.00 bits per heavy atom. The van der Waals surface area contributed by atoms with Crippen molar-refractivity contribution in [1.29, 1.82) is 0 Å². The molecule has 0 aromatic carbocycles. The van der Waals surface area contributed by atoms with Gasteiger partial charge in [0.1, 0.15) is 0 Å². The minimum Gasteiger partial charge on any atom is -0.378 e. The third kappa shape index (κ3) is 6.39. The molecule has 1 fully saturated rings. The lowest BCUT2D eigenvalue weighted by atomic mass is 9.80. The average Bonchev–Trinajstić information content (AvgIpc) is 2.26. The molecule has 1 atom stereocenters. The molecule has 3 nitrogen and oxygen atoms in total. The highest BCUT2D eigenvalue weighted by Gasteiger charge is 2.28. The van der Waals surface area contributed by atoms with Crippen LogP contribution in [0.15, 0.2) is 0 Å². The zero-order valence-corrected chi connectivity index (χ0v) is 11.8. The predicted octanol–water partition coefficient (Wildman–Crippen LogP) is 2.17. The van der Waals surface area contributed by atoms with E-state index in [9.17, 15) is 0 Å². The zero-order valence-electron chi connectivity index (χ0n) is 11.8. The van der Waals surface area contributed by atoms with Crippen molar-refractivity contribution in [3.05, 3.63) is 0 Å². The Bertz CT molecular complexity index is 176. The molecule has 0 aliphatic heterocycles. The van der Waals surface area contributed by atoms with Crippen molar-refractivity contribution >= 4 is 0 Å². The monoisotopic (exact) mass is 242 g/mol. The largest absolute Gasteiger partial charge is 0.378 e. The van der Waals surface area contributed by atoms with Crippen molar-refractivity contribution in [2.75, 3.05) is 26.2 Å². The highest BCUT2D eigenvalue weighted by atomic mass is 16.5. The minimum absolute atomic E-state index is 0.564. The maximum absolute atomic E-state index is 5.57. The fourth-order valence-electron chi connectivity index (χ4n) is 2.38. The van der Waals surface area contributed by atoms with Crippen LogP contribution in [0.4, 0.5) is 0 Å². The SMILES string of the molecule is CCCNCC(C)NCCC1CC(OCC)C1. The van der Waals surface area contributed by atoms with Gasteiger partial charge >= 0.3 is 0 Å². The Labute approximate surface area is 107 Å². The van der Waals surface area contributed by atoms with Gasteiger partial charge in [0, 0.05) is 19.2 Å².